The zero-order valence-electron chi connectivity index (χ0n) is 13.0. The van der Waals surface area contributed by atoms with Crippen LogP contribution >= 0.6 is 0 Å². The molecule has 9 heteroatoms. The highest BCUT2D eigenvalue weighted by Crippen LogP contribution is 2.39. The number of carbonyl (C=O) groups excluding carboxylic acids is 1. The highest BCUT2D eigenvalue weighted by Gasteiger charge is 2.30. The molecule has 3 N–H and O–H groups in total. The SMILES string of the molecule is COc1cc2c(c([N+](=O)[O-])c1)N(C(=O)CC[C@H](N)C(=O)O)CC=C2. The fourth-order valence-electron chi connectivity index (χ4n) is 2.43. The highest BCUT2D eigenvalue weighted by atomic mass is 16.6. The lowest BCUT2D eigenvalue weighted by Crippen LogP contribution is -2.36. The lowest BCUT2D eigenvalue weighted by Gasteiger charge is -2.26. The van der Waals surface area contributed by atoms with Gasteiger partial charge < -0.3 is 20.5 Å². The Morgan fingerprint density at radius 3 is 2.79 bits per heavy atom. The van der Waals surface area contributed by atoms with Gasteiger partial charge in [0.25, 0.3) is 5.69 Å². The van der Waals surface area contributed by atoms with E-state index in [0.717, 1.165) is 0 Å². The van der Waals surface area contributed by atoms with Crippen molar-refractivity contribution in [1.29, 1.82) is 0 Å². The number of rotatable bonds is 6. The summed E-state index contributed by atoms with van der Waals surface area (Å²) < 4.78 is 5.05. The van der Waals surface area contributed by atoms with Crippen LogP contribution in [0.4, 0.5) is 11.4 Å². The molecule has 0 unspecified atom stereocenters. The van der Waals surface area contributed by atoms with Gasteiger partial charge >= 0.3 is 5.97 Å². The fraction of sp³-hybridized carbons (Fsp3) is 0.333. The summed E-state index contributed by atoms with van der Waals surface area (Å²) in [4.78, 5) is 35.2. The number of carboxylic acids is 1. The fourth-order valence-corrected chi connectivity index (χ4v) is 2.43. The number of nitro groups is 1. The van der Waals surface area contributed by atoms with Crippen molar-refractivity contribution in [3.8, 4) is 5.75 Å². The first-order valence-corrected chi connectivity index (χ1v) is 7.17. The van der Waals surface area contributed by atoms with Gasteiger partial charge in [-0.1, -0.05) is 12.2 Å². The van der Waals surface area contributed by atoms with E-state index in [9.17, 15) is 19.7 Å². The van der Waals surface area contributed by atoms with Gasteiger partial charge in [0.2, 0.25) is 5.91 Å². The average molecular weight is 335 g/mol. The average Bonchev–Trinajstić information content (AvgIpc) is 2.57. The Bertz CT molecular complexity index is 715. The van der Waals surface area contributed by atoms with Crippen molar-refractivity contribution in [2.24, 2.45) is 5.73 Å². The molecule has 24 heavy (non-hydrogen) atoms. The Labute approximate surface area is 137 Å². The predicted molar refractivity (Wildman–Crippen MR) is 85.9 cm³/mol. The molecular formula is C15H17N3O6. The minimum Gasteiger partial charge on any atom is -0.496 e. The number of aliphatic carboxylic acids is 1. The molecule has 1 aromatic rings. The van der Waals surface area contributed by atoms with Gasteiger partial charge in [0.1, 0.15) is 17.5 Å². The second kappa shape index (κ2) is 7.09. The summed E-state index contributed by atoms with van der Waals surface area (Å²) >= 11 is 0. The van der Waals surface area contributed by atoms with Crippen LogP contribution in [0.2, 0.25) is 0 Å². The molecule has 9 nitrogen and oxygen atoms in total. The quantitative estimate of drug-likeness (QED) is 0.588. The highest BCUT2D eigenvalue weighted by molar-refractivity contribution is 6.00. The molecule has 1 aromatic carbocycles. The number of fused-ring (bicyclic) bond motifs is 1. The number of hydrogen-bond donors (Lipinski definition) is 2. The Kier molecular flexibility index (Phi) is 5.14. The van der Waals surface area contributed by atoms with E-state index in [1.807, 2.05) is 0 Å². The summed E-state index contributed by atoms with van der Waals surface area (Å²) in [6.07, 6.45) is 3.20. The lowest BCUT2D eigenvalue weighted by molar-refractivity contribution is -0.384. The number of anilines is 1. The number of carboxylic acid groups (broad SMARTS) is 1. The van der Waals surface area contributed by atoms with Gasteiger partial charge in [-0.25, -0.2) is 0 Å². The summed E-state index contributed by atoms with van der Waals surface area (Å²) in [5, 5.41) is 20.1. The third-order valence-corrected chi connectivity index (χ3v) is 3.67. The van der Waals surface area contributed by atoms with Gasteiger partial charge in [-0.2, -0.15) is 0 Å². The van der Waals surface area contributed by atoms with E-state index in [2.05, 4.69) is 0 Å². The molecule has 0 fully saturated rings. The minimum absolute atomic E-state index is 0.0479. The molecule has 1 aliphatic heterocycles. The van der Waals surface area contributed by atoms with Crippen LogP contribution in [0.5, 0.6) is 5.75 Å². The summed E-state index contributed by atoms with van der Waals surface area (Å²) in [6, 6.07) is 1.70. The molecular weight excluding hydrogens is 318 g/mol. The van der Waals surface area contributed by atoms with Gasteiger partial charge in [0.05, 0.1) is 18.1 Å². The maximum atomic E-state index is 12.4. The molecule has 2 rings (SSSR count). The normalized spacial score (nSPS) is 14.0. The zero-order chi connectivity index (χ0) is 17.9. The summed E-state index contributed by atoms with van der Waals surface area (Å²) in [5.74, 6) is -1.31. The molecule has 128 valence electrons. The maximum absolute atomic E-state index is 12.4. The molecule has 1 atom stereocenters. The summed E-state index contributed by atoms with van der Waals surface area (Å²) in [6.45, 7) is 0.168. The van der Waals surface area contributed by atoms with Crippen LogP contribution in [0.3, 0.4) is 0 Å². The van der Waals surface area contributed by atoms with Crippen molar-refractivity contribution in [3.05, 3.63) is 33.9 Å². The molecule has 1 amide bonds. The molecule has 0 saturated carbocycles. The maximum Gasteiger partial charge on any atom is 0.320 e. The van der Waals surface area contributed by atoms with Crippen molar-refractivity contribution >= 4 is 29.3 Å². The van der Waals surface area contributed by atoms with Crippen molar-refractivity contribution in [2.75, 3.05) is 18.6 Å². The monoisotopic (exact) mass is 335 g/mol. The second-order valence-electron chi connectivity index (χ2n) is 5.23. The van der Waals surface area contributed by atoms with E-state index in [1.165, 1.54) is 18.1 Å². The number of nitrogens with two attached hydrogens (primary N) is 1. The number of nitro benzene ring substituents is 1. The van der Waals surface area contributed by atoms with E-state index >= 15 is 0 Å². The number of amides is 1. The van der Waals surface area contributed by atoms with Crippen LogP contribution in [-0.4, -0.2) is 41.6 Å². The standard InChI is InChI=1S/C15H17N3O6/c1-24-10-7-9-3-2-6-17(14(9)12(8-10)18(22)23)13(19)5-4-11(16)15(20)21/h2-3,7-8,11H,4-6,16H2,1H3,(H,20,21)/t11-/m0/s1. The predicted octanol–water partition coefficient (Wildman–Crippen LogP) is 1.16. The molecule has 0 aromatic heterocycles. The van der Waals surface area contributed by atoms with Gasteiger partial charge in [0, 0.05) is 18.5 Å². The first-order chi connectivity index (χ1) is 11.3. The Hall–Kier alpha value is -2.94. The van der Waals surface area contributed by atoms with Gasteiger partial charge in [-0.05, 0) is 12.5 Å². The zero-order valence-corrected chi connectivity index (χ0v) is 13.0. The number of methoxy groups -OCH3 is 1. The number of benzene rings is 1. The van der Waals surface area contributed by atoms with Crippen molar-refractivity contribution in [1.82, 2.24) is 0 Å². The molecule has 0 saturated heterocycles. The summed E-state index contributed by atoms with van der Waals surface area (Å²) in [7, 11) is 1.40. The van der Waals surface area contributed by atoms with Crippen LogP contribution in [0, 0.1) is 10.1 Å². The number of nitrogens with zero attached hydrogens (tertiary/aromatic N) is 2. The van der Waals surface area contributed by atoms with Crippen LogP contribution < -0.4 is 15.4 Å². The minimum atomic E-state index is -1.20. The van der Waals surface area contributed by atoms with Crippen molar-refractivity contribution < 1.29 is 24.4 Å². The van der Waals surface area contributed by atoms with E-state index in [0.29, 0.717) is 11.3 Å². The van der Waals surface area contributed by atoms with Gasteiger partial charge in [-0.3, -0.25) is 19.7 Å². The molecule has 0 aliphatic carbocycles. The third kappa shape index (κ3) is 3.51. The van der Waals surface area contributed by atoms with E-state index < -0.39 is 22.8 Å². The number of carbonyl (C=O) groups is 2. The van der Waals surface area contributed by atoms with Crippen LogP contribution in [-0.2, 0) is 9.59 Å². The third-order valence-electron chi connectivity index (χ3n) is 3.67. The molecule has 0 bridgehead atoms. The van der Waals surface area contributed by atoms with Crippen molar-refractivity contribution in [3.63, 3.8) is 0 Å². The number of ether oxygens (including phenoxy) is 1. The van der Waals surface area contributed by atoms with E-state index in [-0.39, 0.29) is 30.8 Å². The van der Waals surface area contributed by atoms with E-state index in [1.54, 1.807) is 18.2 Å². The second-order valence-corrected chi connectivity index (χ2v) is 5.23. The van der Waals surface area contributed by atoms with Crippen LogP contribution in [0.1, 0.15) is 18.4 Å². The van der Waals surface area contributed by atoms with Gasteiger partial charge in [0.15, 0.2) is 0 Å². The molecule has 0 radical (unpaired) electrons. The van der Waals surface area contributed by atoms with E-state index in [4.69, 9.17) is 15.6 Å². The Morgan fingerprint density at radius 2 is 2.21 bits per heavy atom. The largest absolute Gasteiger partial charge is 0.496 e. The first kappa shape index (κ1) is 17.4. The molecule has 1 heterocycles. The summed E-state index contributed by atoms with van der Waals surface area (Å²) in [5.41, 5.74) is 5.82. The first-order valence-electron chi connectivity index (χ1n) is 7.17. The smallest absolute Gasteiger partial charge is 0.320 e. The lowest BCUT2D eigenvalue weighted by atomic mass is 10.0. The Morgan fingerprint density at radius 1 is 1.50 bits per heavy atom. The van der Waals surface area contributed by atoms with Gasteiger partial charge in [-0.15, -0.1) is 0 Å². The number of hydrogen-bond acceptors (Lipinski definition) is 6. The van der Waals surface area contributed by atoms with Crippen LogP contribution in [0.25, 0.3) is 6.08 Å². The molecule has 0 spiro atoms. The Balaban J connectivity index is 2.33. The van der Waals surface area contributed by atoms with Crippen LogP contribution in [0.15, 0.2) is 18.2 Å². The topological polar surface area (TPSA) is 136 Å². The van der Waals surface area contributed by atoms with Crippen molar-refractivity contribution in [2.45, 2.75) is 18.9 Å². The molecule has 1 aliphatic rings.